The first-order chi connectivity index (χ1) is 6.68. The molecule has 1 fully saturated rings. The van der Waals surface area contributed by atoms with Crippen molar-refractivity contribution in [3.63, 3.8) is 0 Å². The average molecular weight is 192 g/mol. The lowest BCUT2D eigenvalue weighted by molar-refractivity contribution is 0.475. The Hall–Kier alpha value is -1.22. The fourth-order valence-corrected chi connectivity index (χ4v) is 2.19. The molecule has 2 atom stereocenters. The van der Waals surface area contributed by atoms with Gasteiger partial charge in [0.25, 0.3) is 0 Å². The highest BCUT2D eigenvalue weighted by atomic mass is 16.3. The SMILES string of the molecule is Nc1ccc(C2CCCC2N)cc1O. The van der Waals surface area contributed by atoms with Crippen LogP contribution >= 0.6 is 0 Å². The molecule has 2 rings (SSSR count). The molecule has 0 heterocycles. The van der Waals surface area contributed by atoms with Crippen molar-refractivity contribution in [1.82, 2.24) is 0 Å². The van der Waals surface area contributed by atoms with Crippen molar-refractivity contribution in [1.29, 1.82) is 0 Å². The molecule has 0 aromatic heterocycles. The molecule has 0 amide bonds. The molecule has 3 heteroatoms. The highest BCUT2D eigenvalue weighted by molar-refractivity contribution is 5.53. The van der Waals surface area contributed by atoms with Crippen molar-refractivity contribution >= 4 is 5.69 Å². The Morgan fingerprint density at radius 2 is 2.07 bits per heavy atom. The smallest absolute Gasteiger partial charge is 0.138 e. The van der Waals surface area contributed by atoms with Crippen LogP contribution < -0.4 is 11.5 Å². The Morgan fingerprint density at radius 1 is 1.29 bits per heavy atom. The summed E-state index contributed by atoms with van der Waals surface area (Å²) >= 11 is 0. The summed E-state index contributed by atoms with van der Waals surface area (Å²) in [7, 11) is 0. The van der Waals surface area contributed by atoms with Crippen LogP contribution in [-0.2, 0) is 0 Å². The zero-order valence-electron chi connectivity index (χ0n) is 8.11. The minimum Gasteiger partial charge on any atom is -0.506 e. The van der Waals surface area contributed by atoms with E-state index in [1.165, 1.54) is 6.42 Å². The summed E-state index contributed by atoms with van der Waals surface area (Å²) < 4.78 is 0. The molecule has 2 unspecified atom stereocenters. The first-order valence-corrected chi connectivity index (χ1v) is 5.02. The standard InChI is InChI=1S/C11H16N2O/c12-9-3-1-2-8(9)7-4-5-10(13)11(14)6-7/h4-6,8-9,14H,1-3,12-13H2. The van der Waals surface area contributed by atoms with E-state index in [2.05, 4.69) is 0 Å². The molecular formula is C11H16N2O. The van der Waals surface area contributed by atoms with Crippen LogP contribution in [0.2, 0.25) is 0 Å². The maximum Gasteiger partial charge on any atom is 0.138 e. The van der Waals surface area contributed by atoms with Gasteiger partial charge in [0.2, 0.25) is 0 Å². The summed E-state index contributed by atoms with van der Waals surface area (Å²) in [5, 5.41) is 9.48. The van der Waals surface area contributed by atoms with Gasteiger partial charge in [-0.1, -0.05) is 12.5 Å². The van der Waals surface area contributed by atoms with Crippen LogP contribution in [0.3, 0.4) is 0 Å². The van der Waals surface area contributed by atoms with E-state index in [1.54, 1.807) is 12.1 Å². The monoisotopic (exact) mass is 192 g/mol. The van der Waals surface area contributed by atoms with E-state index in [0.717, 1.165) is 18.4 Å². The Balaban J connectivity index is 2.28. The third kappa shape index (κ3) is 1.55. The number of phenolic OH excluding ortho intramolecular Hbond substituents is 1. The normalized spacial score (nSPS) is 26.6. The quantitative estimate of drug-likeness (QED) is 0.467. The zero-order chi connectivity index (χ0) is 10.1. The molecule has 76 valence electrons. The number of nitrogen functional groups attached to an aromatic ring is 1. The van der Waals surface area contributed by atoms with Gasteiger partial charge in [0, 0.05) is 6.04 Å². The van der Waals surface area contributed by atoms with Crippen LogP contribution in [0.15, 0.2) is 18.2 Å². The van der Waals surface area contributed by atoms with Crippen LogP contribution in [0.1, 0.15) is 30.7 Å². The molecule has 3 nitrogen and oxygen atoms in total. The summed E-state index contributed by atoms with van der Waals surface area (Å²) in [5.41, 5.74) is 13.1. The van der Waals surface area contributed by atoms with Crippen LogP contribution in [0.25, 0.3) is 0 Å². The minimum absolute atomic E-state index is 0.168. The molecule has 0 saturated heterocycles. The van der Waals surface area contributed by atoms with E-state index in [0.29, 0.717) is 11.6 Å². The fraction of sp³-hybridized carbons (Fsp3) is 0.455. The predicted octanol–water partition coefficient (Wildman–Crippen LogP) is 1.57. The number of nitrogens with two attached hydrogens (primary N) is 2. The van der Waals surface area contributed by atoms with Gasteiger partial charge in [-0.3, -0.25) is 0 Å². The number of phenols is 1. The second-order valence-corrected chi connectivity index (χ2v) is 4.02. The highest BCUT2D eigenvalue weighted by Gasteiger charge is 2.25. The van der Waals surface area contributed by atoms with Gasteiger partial charge in [-0.05, 0) is 36.5 Å². The average Bonchev–Trinajstić information content (AvgIpc) is 2.57. The lowest BCUT2D eigenvalue weighted by Crippen LogP contribution is -2.22. The molecule has 1 aliphatic rings. The topological polar surface area (TPSA) is 72.3 Å². The number of anilines is 1. The molecule has 0 spiro atoms. The van der Waals surface area contributed by atoms with Gasteiger partial charge in [0.05, 0.1) is 5.69 Å². The predicted molar refractivity (Wildman–Crippen MR) is 57.1 cm³/mol. The van der Waals surface area contributed by atoms with E-state index in [1.807, 2.05) is 6.07 Å². The van der Waals surface area contributed by atoms with Gasteiger partial charge >= 0.3 is 0 Å². The number of benzene rings is 1. The zero-order valence-corrected chi connectivity index (χ0v) is 8.11. The van der Waals surface area contributed by atoms with E-state index in [9.17, 15) is 5.11 Å². The Labute approximate surface area is 83.7 Å². The summed E-state index contributed by atoms with van der Waals surface area (Å²) in [6.45, 7) is 0. The van der Waals surface area contributed by atoms with Crippen LogP contribution in [0, 0.1) is 0 Å². The fourth-order valence-electron chi connectivity index (χ4n) is 2.19. The van der Waals surface area contributed by atoms with Gasteiger partial charge < -0.3 is 16.6 Å². The van der Waals surface area contributed by atoms with E-state index in [4.69, 9.17) is 11.5 Å². The molecule has 0 radical (unpaired) electrons. The summed E-state index contributed by atoms with van der Waals surface area (Å²) in [6, 6.07) is 5.68. The largest absolute Gasteiger partial charge is 0.506 e. The van der Waals surface area contributed by atoms with Gasteiger partial charge in [0.15, 0.2) is 0 Å². The summed E-state index contributed by atoms with van der Waals surface area (Å²) in [4.78, 5) is 0. The van der Waals surface area contributed by atoms with Crippen LogP contribution in [0.4, 0.5) is 5.69 Å². The Bertz CT molecular complexity index is 338. The van der Waals surface area contributed by atoms with Gasteiger partial charge in [-0.25, -0.2) is 0 Å². The number of hydrogen-bond donors (Lipinski definition) is 3. The molecule has 0 aliphatic heterocycles. The molecule has 1 aromatic rings. The number of hydrogen-bond acceptors (Lipinski definition) is 3. The summed E-state index contributed by atoms with van der Waals surface area (Å²) in [6.07, 6.45) is 3.37. The molecule has 1 aliphatic carbocycles. The number of aromatic hydroxyl groups is 1. The third-order valence-electron chi connectivity index (χ3n) is 3.05. The van der Waals surface area contributed by atoms with Crippen LogP contribution in [-0.4, -0.2) is 11.1 Å². The Morgan fingerprint density at radius 3 is 2.64 bits per heavy atom. The second-order valence-electron chi connectivity index (χ2n) is 4.02. The van der Waals surface area contributed by atoms with E-state index in [-0.39, 0.29) is 11.8 Å². The van der Waals surface area contributed by atoms with E-state index >= 15 is 0 Å². The van der Waals surface area contributed by atoms with Gasteiger partial charge in [-0.15, -0.1) is 0 Å². The first-order valence-electron chi connectivity index (χ1n) is 5.02. The van der Waals surface area contributed by atoms with Crippen molar-refractivity contribution in [3.8, 4) is 5.75 Å². The van der Waals surface area contributed by atoms with Crippen molar-refractivity contribution in [3.05, 3.63) is 23.8 Å². The molecule has 1 saturated carbocycles. The molecule has 14 heavy (non-hydrogen) atoms. The number of rotatable bonds is 1. The molecule has 5 N–H and O–H groups in total. The van der Waals surface area contributed by atoms with Gasteiger partial charge in [0.1, 0.15) is 5.75 Å². The van der Waals surface area contributed by atoms with Crippen molar-refractivity contribution in [2.24, 2.45) is 5.73 Å². The van der Waals surface area contributed by atoms with Gasteiger partial charge in [-0.2, -0.15) is 0 Å². The molecular weight excluding hydrogens is 176 g/mol. The maximum atomic E-state index is 9.48. The Kier molecular flexibility index (Phi) is 2.33. The van der Waals surface area contributed by atoms with Crippen molar-refractivity contribution in [2.45, 2.75) is 31.2 Å². The molecule has 0 bridgehead atoms. The minimum atomic E-state index is 0.168. The third-order valence-corrected chi connectivity index (χ3v) is 3.05. The molecule has 1 aromatic carbocycles. The lowest BCUT2D eigenvalue weighted by Gasteiger charge is -2.16. The second kappa shape index (κ2) is 3.50. The highest BCUT2D eigenvalue weighted by Crippen LogP contribution is 2.35. The lowest BCUT2D eigenvalue weighted by atomic mass is 9.94. The first kappa shape index (κ1) is 9.34. The van der Waals surface area contributed by atoms with Crippen molar-refractivity contribution < 1.29 is 5.11 Å². The van der Waals surface area contributed by atoms with E-state index < -0.39 is 0 Å². The van der Waals surface area contributed by atoms with Crippen LogP contribution in [0.5, 0.6) is 5.75 Å². The summed E-state index contributed by atoms with van der Waals surface area (Å²) in [5.74, 6) is 0.558. The maximum absolute atomic E-state index is 9.48. The van der Waals surface area contributed by atoms with Crippen molar-refractivity contribution in [2.75, 3.05) is 5.73 Å².